The zero-order chi connectivity index (χ0) is 10.5. The van der Waals surface area contributed by atoms with Gasteiger partial charge in [-0.25, -0.2) is 0 Å². The summed E-state index contributed by atoms with van der Waals surface area (Å²) in [5.41, 5.74) is 5.61. The van der Waals surface area contributed by atoms with Crippen molar-refractivity contribution in [2.45, 2.75) is 18.9 Å². The second kappa shape index (κ2) is 5.80. The number of likely N-dealkylation sites (tertiary alicyclic amines) is 1. The minimum atomic E-state index is 0.745. The van der Waals surface area contributed by atoms with Crippen LogP contribution in [0.3, 0.4) is 0 Å². The van der Waals surface area contributed by atoms with Crippen LogP contribution in [0.2, 0.25) is 0 Å². The summed E-state index contributed by atoms with van der Waals surface area (Å²) in [6.45, 7) is 8.33. The van der Waals surface area contributed by atoms with E-state index in [1.54, 1.807) is 0 Å². The Bertz CT molecular complexity index is 181. The number of piperidine rings is 1. The Morgan fingerprint density at radius 1 is 1.20 bits per heavy atom. The van der Waals surface area contributed by atoms with Crippen LogP contribution in [0.5, 0.6) is 0 Å². The second-order valence-corrected chi connectivity index (χ2v) is 4.53. The Labute approximate surface area is 92.4 Å². The van der Waals surface area contributed by atoms with Gasteiger partial charge in [-0.2, -0.15) is 0 Å². The van der Waals surface area contributed by atoms with E-state index in [0.29, 0.717) is 0 Å². The van der Waals surface area contributed by atoms with Gasteiger partial charge in [0, 0.05) is 38.8 Å². The van der Waals surface area contributed by atoms with Crippen molar-refractivity contribution in [3.05, 3.63) is 0 Å². The number of morpholine rings is 1. The summed E-state index contributed by atoms with van der Waals surface area (Å²) in [6, 6.07) is 0.745. The fraction of sp³-hybridized carbons (Fsp3) is 1.00. The van der Waals surface area contributed by atoms with Crippen molar-refractivity contribution >= 4 is 0 Å². The van der Waals surface area contributed by atoms with E-state index in [1.807, 2.05) is 0 Å². The Kier molecular flexibility index (Phi) is 4.38. The third kappa shape index (κ3) is 3.14. The van der Waals surface area contributed by atoms with Crippen LogP contribution in [0, 0.1) is 0 Å². The van der Waals surface area contributed by atoms with Gasteiger partial charge in [0.15, 0.2) is 0 Å². The highest BCUT2D eigenvalue weighted by Crippen LogP contribution is 2.16. The van der Waals surface area contributed by atoms with Crippen LogP contribution in [-0.2, 0) is 4.74 Å². The van der Waals surface area contributed by atoms with Gasteiger partial charge in [0.25, 0.3) is 0 Å². The highest BCUT2D eigenvalue weighted by Gasteiger charge is 2.25. The van der Waals surface area contributed by atoms with Crippen molar-refractivity contribution in [2.24, 2.45) is 5.73 Å². The zero-order valence-corrected chi connectivity index (χ0v) is 9.53. The number of nitrogens with two attached hydrogens (primary N) is 1. The van der Waals surface area contributed by atoms with Gasteiger partial charge in [0.2, 0.25) is 0 Å². The lowest BCUT2D eigenvalue weighted by Crippen LogP contribution is -2.52. The van der Waals surface area contributed by atoms with E-state index in [0.717, 1.165) is 45.4 Å². The molecule has 4 heteroatoms. The van der Waals surface area contributed by atoms with Gasteiger partial charge < -0.3 is 15.4 Å². The first kappa shape index (κ1) is 11.3. The molecule has 0 aromatic heterocycles. The Morgan fingerprint density at radius 2 is 2.00 bits per heavy atom. The SMILES string of the molecule is NCCN1CCCC(N2CCOCC2)C1. The van der Waals surface area contributed by atoms with E-state index in [4.69, 9.17) is 10.5 Å². The number of hydrogen-bond donors (Lipinski definition) is 1. The molecule has 0 spiro atoms. The number of ether oxygens (including phenoxy) is 1. The quantitative estimate of drug-likeness (QED) is 0.701. The summed E-state index contributed by atoms with van der Waals surface area (Å²) in [6.07, 6.45) is 2.67. The molecular formula is C11H23N3O. The highest BCUT2D eigenvalue weighted by atomic mass is 16.5. The molecule has 0 radical (unpaired) electrons. The predicted molar refractivity (Wildman–Crippen MR) is 60.9 cm³/mol. The van der Waals surface area contributed by atoms with Crippen LogP contribution >= 0.6 is 0 Å². The second-order valence-electron chi connectivity index (χ2n) is 4.53. The number of hydrogen-bond acceptors (Lipinski definition) is 4. The Morgan fingerprint density at radius 3 is 2.73 bits per heavy atom. The Hall–Kier alpha value is -0.160. The lowest BCUT2D eigenvalue weighted by atomic mass is 10.0. The van der Waals surface area contributed by atoms with Crippen molar-refractivity contribution in [2.75, 3.05) is 52.5 Å². The first-order valence-corrected chi connectivity index (χ1v) is 6.14. The molecule has 0 aromatic carbocycles. The molecule has 4 nitrogen and oxygen atoms in total. The molecule has 2 N–H and O–H groups in total. The highest BCUT2D eigenvalue weighted by molar-refractivity contribution is 4.81. The summed E-state index contributed by atoms with van der Waals surface area (Å²) < 4.78 is 5.39. The molecule has 1 atom stereocenters. The monoisotopic (exact) mass is 213 g/mol. The lowest BCUT2D eigenvalue weighted by molar-refractivity contribution is -0.00216. The van der Waals surface area contributed by atoms with Crippen molar-refractivity contribution in [1.82, 2.24) is 9.80 Å². The molecule has 0 aliphatic carbocycles. The van der Waals surface area contributed by atoms with Gasteiger partial charge in [0.05, 0.1) is 13.2 Å². The minimum absolute atomic E-state index is 0.745. The number of nitrogens with zero attached hydrogens (tertiary/aromatic N) is 2. The summed E-state index contributed by atoms with van der Waals surface area (Å²) in [7, 11) is 0. The molecule has 2 fully saturated rings. The van der Waals surface area contributed by atoms with Crippen molar-refractivity contribution in [3.63, 3.8) is 0 Å². The van der Waals surface area contributed by atoms with Crippen molar-refractivity contribution < 1.29 is 4.74 Å². The first-order valence-electron chi connectivity index (χ1n) is 6.14. The van der Waals surface area contributed by atoms with Crippen LogP contribution in [0.1, 0.15) is 12.8 Å². The molecular weight excluding hydrogens is 190 g/mol. The third-order valence-corrected chi connectivity index (χ3v) is 3.49. The van der Waals surface area contributed by atoms with Crippen LogP contribution in [0.4, 0.5) is 0 Å². The average molecular weight is 213 g/mol. The largest absolute Gasteiger partial charge is 0.379 e. The van der Waals surface area contributed by atoms with E-state index in [-0.39, 0.29) is 0 Å². The molecule has 88 valence electrons. The first-order chi connectivity index (χ1) is 7.40. The van der Waals surface area contributed by atoms with Gasteiger partial charge in [-0.15, -0.1) is 0 Å². The molecule has 2 heterocycles. The molecule has 2 rings (SSSR count). The smallest absolute Gasteiger partial charge is 0.0594 e. The molecule has 0 amide bonds. The number of rotatable bonds is 3. The predicted octanol–water partition coefficient (Wildman–Crippen LogP) is -0.258. The maximum Gasteiger partial charge on any atom is 0.0594 e. The van der Waals surface area contributed by atoms with E-state index in [1.165, 1.54) is 25.9 Å². The van der Waals surface area contributed by atoms with Crippen molar-refractivity contribution in [3.8, 4) is 0 Å². The summed E-state index contributed by atoms with van der Waals surface area (Å²) in [5, 5.41) is 0. The standard InChI is InChI=1S/C11H23N3O/c12-3-5-13-4-1-2-11(10-13)14-6-8-15-9-7-14/h11H,1-10,12H2. The van der Waals surface area contributed by atoms with Crippen molar-refractivity contribution in [1.29, 1.82) is 0 Å². The molecule has 0 bridgehead atoms. The maximum absolute atomic E-state index is 5.61. The lowest BCUT2D eigenvalue weighted by Gasteiger charge is -2.40. The van der Waals surface area contributed by atoms with Gasteiger partial charge in [-0.05, 0) is 19.4 Å². The fourth-order valence-electron chi connectivity index (χ4n) is 2.66. The summed E-state index contributed by atoms with van der Waals surface area (Å²) >= 11 is 0. The molecule has 1 unspecified atom stereocenters. The minimum Gasteiger partial charge on any atom is -0.379 e. The van der Waals surface area contributed by atoms with E-state index in [2.05, 4.69) is 9.80 Å². The summed E-state index contributed by atoms with van der Waals surface area (Å²) in [5.74, 6) is 0. The Balaban J connectivity index is 1.80. The van der Waals surface area contributed by atoms with Gasteiger partial charge >= 0.3 is 0 Å². The molecule has 0 saturated carbocycles. The van der Waals surface area contributed by atoms with Crippen LogP contribution < -0.4 is 5.73 Å². The molecule has 2 saturated heterocycles. The van der Waals surface area contributed by atoms with Gasteiger partial charge in [0.1, 0.15) is 0 Å². The molecule has 2 aliphatic heterocycles. The van der Waals surface area contributed by atoms with Crippen LogP contribution in [-0.4, -0.2) is 68.3 Å². The summed E-state index contributed by atoms with van der Waals surface area (Å²) in [4.78, 5) is 5.09. The zero-order valence-electron chi connectivity index (χ0n) is 9.53. The van der Waals surface area contributed by atoms with Gasteiger partial charge in [-0.3, -0.25) is 4.90 Å². The fourth-order valence-corrected chi connectivity index (χ4v) is 2.66. The molecule has 2 aliphatic rings. The topological polar surface area (TPSA) is 41.7 Å². The maximum atomic E-state index is 5.61. The van der Waals surface area contributed by atoms with Crippen LogP contribution in [0.15, 0.2) is 0 Å². The molecule has 0 aromatic rings. The van der Waals surface area contributed by atoms with E-state index >= 15 is 0 Å². The average Bonchev–Trinajstić information content (AvgIpc) is 2.31. The van der Waals surface area contributed by atoms with E-state index in [9.17, 15) is 0 Å². The molecule has 15 heavy (non-hydrogen) atoms. The van der Waals surface area contributed by atoms with Gasteiger partial charge in [-0.1, -0.05) is 0 Å². The van der Waals surface area contributed by atoms with E-state index < -0.39 is 0 Å². The third-order valence-electron chi connectivity index (χ3n) is 3.49. The normalized spacial score (nSPS) is 30.6. The van der Waals surface area contributed by atoms with Crippen LogP contribution in [0.25, 0.3) is 0 Å².